The molecule has 2 aromatic rings. The lowest BCUT2D eigenvalue weighted by molar-refractivity contribution is -0.119. The van der Waals surface area contributed by atoms with Crippen LogP contribution in [0.2, 0.25) is 0 Å². The highest BCUT2D eigenvalue weighted by Crippen LogP contribution is 2.16. The van der Waals surface area contributed by atoms with Crippen molar-refractivity contribution in [2.75, 3.05) is 19.0 Å². The molecule has 0 unspecified atom stereocenters. The summed E-state index contributed by atoms with van der Waals surface area (Å²) in [5.74, 6) is 0.00743. The molecule has 0 bridgehead atoms. The quantitative estimate of drug-likeness (QED) is 0.822. The van der Waals surface area contributed by atoms with Crippen molar-refractivity contribution in [2.24, 2.45) is 0 Å². The Balaban J connectivity index is 1.90. The fourth-order valence-electron chi connectivity index (χ4n) is 2.00. The number of amides is 1. The number of ether oxygens (including phenoxy) is 2. The summed E-state index contributed by atoms with van der Waals surface area (Å²) in [6, 6.07) is 6.82. The van der Waals surface area contributed by atoms with Gasteiger partial charge in [0.2, 0.25) is 0 Å². The van der Waals surface area contributed by atoms with Crippen molar-refractivity contribution in [1.82, 2.24) is 5.16 Å². The molecule has 0 radical (unpaired) electrons. The Kier molecular flexibility index (Phi) is 5.35. The first kappa shape index (κ1) is 16.5. The van der Waals surface area contributed by atoms with Gasteiger partial charge in [-0.25, -0.2) is 4.79 Å². The van der Waals surface area contributed by atoms with Crippen LogP contribution in [-0.4, -0.2) is 30.7 Å². The minimum absolute atomic E-state index is 0.282. The topological polar surface area (TPSA) is 90.7 Å². The molecule has 1 aromatic heterocycles. The summed E-state index contributed by atoms with van der Waals surface area (Å²) in [6.07, 6.45) is 0.541. The maximum Gasteiger partial charge on any atom is 0.344 e. The van der Waals surface area contributed by atoms with Crippen molar-refractivity contribution < 1.29 is 23.6 Å². The number of methoxy groups -OCH3 is 1. The van der Waals surface area contributed by atoms with E-state index in [1.54, 1.807) is 38.3 Å². The van der Waals surface area contributed by atoms with Gasteiger partial charge in [-0.2, -0.15) is 0 Å². The third-order valence-electron chi connectivity index (χ3n) is 3.18. The van der Waals surface area contributed by atoms with Gasteiger partial charge in [-0.1, -0.05) is 12.1 Å². The first-order valence-corrected chi connectivity index (χ1v) is 7.11. The Hall–Kier alpha value is -2.83. The lowest BCUT2D eigenvalue weighted by atomic mass is 10.1. The van der Waals surface area contributed by atoms with Gasteiger partial charge in [0.15, 0.2) is 6.61 Å². The van der Waals surface area contributed by atoms with Gasteiger partial charge < -0.3 is 19.3 Å². The minimum Gasteiger partial charge on any atom is -0.497 e. The van der Waals surface area contributed by atoms with Gasteiger partial charge in [0.1, 0.15) is 17.1 Å². The van der Waals surface area contributed by atoms with Crippen LogP contribution in [0.3, 0.4) is 0 Å². The number of aromatic nitrogens is 1. The van der Waals surface area contributed by atoms with Crippen molar-refractivity contribution in [3.8, 4) is 5.75 Å². The van der Waals surface area contributed by atoms with Crippen LogP contribution in [0, 0.1) is 6.92 Å². The van der Waals surface area contributed by atoms with Crippen LogP contribution >= 0.6 is 0 Å². The number of nitrogens with one attached hydrogen (secondary N) is 1. The molecular weight excluding hydrogens is 300 g/mol. The second-order valence-corrected chi connectivity index (χ2v) is 4.77. The Labute approximate surface area is 133 Å². The summed E-state index contributed by atoms with van der Waals surface area (Å²) in [5.41, 5.74) is 1.38. The molecule has 7 nitrogen and oxygen atoms in total. The molecule has 2 rings (SSSR count). The lowest BCUT2D eigenvalue weighted by Crippen LogP contribution is -2.21. The van der Waals surface area contributed by atoms with Gasteiger partial charge in [0.25, 0.3) is 5.91 Å². The molecule has 1 N–H and O–H groups in total. The summed E-state index contributed by atoms with van der Waals surface area (Å²) in [5, 5.41) is 6.40. The van der Waals surface area contributed by atoms with Gasteiger partial charge in [-0.05, 0) is 37.6 Å². The molecule has 0 aliphatic heterocycles. The average Bonchev–Trinajstić information content (AvgIpc) is 2.94. The zero-order valence-electron chi connectivity index (χ0n) is 13.2. The van der Waals surface area contributed by atoms with Crippen LogP contribution in [-0.2, 0) is 16.0 Å². The maximum atomic E-state index is 12.0. The predicted molar refractivity (Wildman–Crippen MR) is 82.5 cm³/mol. The zero-order chi connectivity index (χ0) is 16.8. The highest BCUT2D eigenvalue weighted by molar-refractivity contribution is 5.96. The largest absolute Gasteiger partial charge is 0.497 e. The third-order valence-corrected chi connectivity index (χ3v) is 3.18. The molecule has 0 aliphatic rings. The van der Waals surface area contributed by atoms with E-state index in [9.17, 15) is 9.59 Å². The molecule has 0 fully saturated rings. The summed E-state index contributed by atoms with van der Waals surface area (Å²) < 4.78 is 15.0. The number of benzene rings is 1. The standard InChI is InChI=1S/C16H18N2O5/c1-4-13-15(10(2)23-18-13)16(20)22-9-14(19)17-11-5-7-12(21-3)8-6-11/h5-8H,4,9H2,1-3H3,(H,17,19). The van der Waals surface area contributed by atoms with E-state index < -0.39 is 18.5 Å². The van der Waals surface area contributed by atoms with Gasteiger partial charge in [-0.3, -0.25) is 4.79 Å². The molecule has 1 aromatic carbocycles. The molecule has 1 amide bonds. The molecule has 0 aliphatic carbocycles. The van der Waals surface area contributed by atoms with E-state index in [0.29, 0.717) is 29.3 Å². The number of aryl methyl sites for hydroxylation is 2. The maximum absolute atomic E-state index is 12.0. The third kappa shape index (κ3) is 4.09. The van der Waals surface area contributed by atoms with Crippen molar-refractivity contribution in [3.63, 3.8) is 0 Å². The Morgan fingerprint density at radius 1 is 1.26 bits per heavy atom. The molecule has 0 spiro atoms. The van der Waals surface area contributed by atoms with E-state index in [2.05, 4.69) is 10.5 Å². The van der Waals surface area contributed by atoms with E-state index in [1.165, 1.54) is 0 Å². The number of carbonyl (C=O) groups excluding carboxylic acids is 2. The molecule has 7 heteroatoms. The fraction of sp³-hybridized carbons (Fsp3) is 0.312. The van der Waals surface area contributed by atoms with Crippen LogP contribution in [0.5, 0.6) is 5.75 Å². The minimum atomic E-state index is -0.620. The van der Waals surface area contributed by atoms with Crippen LogP contribution in [0.15, 0.2) is 28.8 Å². The second kappa shape index (κ2) is 7.44. The van der Waals surface area contributed by atoms with E-state index in [1.807, 2.05) is 6.92 Å². The molecule has 0 saturated carbocycles. The van der Waals surface area contributed by atoms with Gasteiger partial charge >= 0.3 is 5.97 Å². The van der Waals surface area contributed by atoms with E-state index in [0.717, 1.165) is 0 Å². The van der Waals surface area contributed by atoms with Gasteiger partial charge in [-0.15, -0.1) is 0 Å². The van der Waals surface area contributed by atoms with Crippen molar-refractivity contribution in [3.05, 3.63) is 41.3 Å². The van der Waals surface area contributed by atoms with Crippen LogP contribution in [0.25, 0.3) is 0 Å². The average molecular weight is 318 g/mol. The predicted octanol–water partition coefficient (Wildman–Crippen LogP) is 2.35. The van der Waals surface area contributed by atoms with Crippen molar-refractivity contribution in [2.45, 2.75) is 20.3 Å². The number of nitrogens with zero attached hydrogens (tertiary/aromatic N) is 1. The van der Waals surface area contributed by atoms with Crippen LogP contribution in [0.1, 0.15) is 28.7 Å². The Morgan fingerprint density at radius 3 is 2.57 bits per heavy atom. The lowest BCUT2D eigenvalue weighted by Gasteiger charge is -2.07. The number of rotatable bonds is 6. The number of carbonyl (C=O) groups is 2. The summed E-state index contributed by atoms with van der Waals surface area (Å²) in [6.45, 7) is 3.09. The summed E-state index contributed by atoms with van der Waals surface area (Å²) >= 11 is 0. The molecule has 1 heterocycles. The fourth-order valence-corrected chi connectivity index (χ4v) is 2.00. The van der Waals surface area contributed by atoms with Gasteiger partial charge in [0, 0.05) is 5.69 Å². The van der Waals surface area contributed by atoms with Crippen LogP contribution < -0.4 is 10.1 Å². The second-order valence-electron chi connectivity index (χ2n) is 4.77. The van der Waals surface area contributed by atoms with E-state index in [4.69, 9.17) is 14.0 Å². The van der Waals surface area contributed by atoms with E-state index in [-0.39, 0.29) is 5.56 Å². The molecular formula is C16H18N2O5. The van der Waals surface area contributed by atoms with Crippen molar-refractivity contribution >= 4 is 17.6 Å². The summed E-state index contributed by atoms with van der Waals surface area (Å²) in [7, 11) is 1.56. The number of hydrogen-bond donors (Lipinski definition) is 1. The Bertz CT molecular complexity index is 691. The smallest absolute Gasteiger partial charge is 0.344 e. The zero-order valence-corrected chi connectivity index (χ0v) is 13.2. The monoisotopic (exact) mass is 318 g/mol. The Morgan fingerprint density at radius 2 is 1.96 bits per heavy atom. The van der Waals surface area contributed by atoms with Crippen molar-refractivity contribution in [1.29, 1.82) is 0 Å². The number of hydrogen-bond acceptors (Lipinski definition) is 6. The van der Waals surface area contributed by atoms with E-state index >= 15 is 0 Å². The molecule has 0 atom stereocenters. The first-order chi connectivity index (χ1) is 11.0. The highest BCUT2D eigenvalue weighted by Gasteiger charge is 2.21. The SMILES string of the molecule is CCc1noc(C)c1C(=O)OCC(=O)Nc1ccc(OC)cc1. The van der Waals surface area contributed by atoms with Gasteiger partial charge in [0.05, 0.1) is 12.8 Å². The summed E-state index contributed by atoms with van der Waals surface area (Å²) in [4.78, 5) is 23.8. The number of esters is 1. The molecule has 0 saturated heterocycles. The normalized spacial score (nSPS) is 10.2. The highest BCUT2D eigenvalue weighted by atomic mass is 16.5. The molecule has 23 heavy (non-hydrogen) atoms. The van der Waals surface area contributed by atoms with Crippen LogP contribution in [0.4, 0.5) is 5.69 Å². The molecule has 122 valence electrons. The first-order valence-electron chi connectivity index (χ1n) is 7.11. The number of anilines is 1.